The number of carbonyl (C=O) groups excluding carboxylic acids is 3. The van der Waals surface area contributed by atoms with Gasteiger partial charge >= 0.3 is 5.97 Å². The lowest BCUT2D eigenvalue weighted by Gasteiger charge is -2.34. The molecule has 126 valence electrons. The fourth-order valence-electron chi connectivity index (χ4n) is 2.67. The number of nitrogens with two attached hydrogens (primary N) is 1. The van der Waals surface area contributed by atoms with Gasteiger partial charge in [-0.15, -0.1) is 11.3 Å². The molecular formula is C15H21N3O4S. The molecule has 1 aliphatic heterocycles. The maximum atomic E-state index is 12.4. The van der Waals surface area contributed by atoms with Crippen molar-refractivity contribution >= 4 is 34.1 Å². The average molecular weight is 339 g/mol. The number of hydrogen-bond acceptors (Lipinski definition) is 6. The van der Waals surface area contributed by atoms with E-state index in [2.05, 4.69) is 5.32 Å². The van der Waals surface area contributed by atoms with Gasteiger partial charge in [-0.2, -0.15) is 0 Å². The van der Waals surface area contributed by atoms with E-state index in [1.54, 1.807) is 11.4 Å². The fourth-order valence-corrected chi connectivity index (χ4v) is 3.47. The van der Waals surface area contributed by atoms with Crippen molar-refractivity contribution < 1.29 is 19.1 Å². The van der Waals surface area contributed by atoms with E-state index in [4.69, 9.17) is 10.5 Å². The molecular weight excluding hydrogens is 318 g/mol. The number of esters is 1. The Morgan fingerprint density at radius 3 is 2.61 bits per heavy atom. The number of methoxy groups -OCH3 is 1. The van der Waals surface area contributed by atoms with Crippen LogP contribution in [-0.4, -0.2) is 48.9 Å². The van der Waals surface area contributed by atoms with Gasteiger partial charge in [0, 0.05) is 0 Å². The summed E-state index contributed by atoms with van der Waals surface area (Å²) >= 11 is 1.27. The van der Waals surface area contributed by atoms with Crippen LogP contribution in [0.3, 0.4) is 0 Å². The Balaban J connectivity index is 1.92. The number of likely N-dealkylation sites (tertiary alicyclic amines) is 1. The average Bonchev–Trinajstić information content (AvgIpc) is 3.01. The van der Waals surface area contributed by atoms with Gasteiger partial charge in [-0.3, -0.25) is 19.3 Å². The van der Waals surface area contributed by atoms with Crippen LogP contribution in [0.15, 0.2) is 11.4 Å². The number of hydrogen-bond donors (Lipinski definition) is 2. The first-order valence-corrected chi connectivity index (χ1v) is 8.32. The summed E-state index contributed by atoms with van der Waals surface area (Å²) in [4.78, 5) is 37.2. The maximum Gasteiger partial charge on any atom is 0.308 e. The van der Waals surface area contributed by atoms with Crippen molar-refractivity contribution in [2.24, 2.45) is 11.7 Å². The number of thiophene rings is 1. The molecule has 0 aliphatic carbocycles. The molecule has 0 bridgehead atoms. The molecule has 0 aromatic carbocycles. The summed E-state index contributed by atoms with van der Waals surface area (Å²) in [5, 5.41) is 4.94. The lowest BCUT2D eigenvalue weighted by molar-refractivity contribution is -0.147. The van der Waals surface area contributed by atoms with Gasteiger partial charge in [-0.05, 0) is 44.3 Å². The second-order valence-corrected chi connectivity index (χ2v) is 6.44. The van der Waals surface area contributed by atoms with Gasteiger partial charge in [-0.1, -0.05) is 0 Å². The van der Waals surface area contributed by atoms with Gasteiger partial charge in [0.05, 0.1) is 24.6 Å². The molecule has 2 heterocycles. The van der Waals surface area contributed by atoms with E-state index < -0.39 is 5.91 Å². The van der Waals surface area contributed by atoms with Gasteiger partial charge in [0.2, 0.25) is 5.91 Å². The molecule has 8 heteroatoms. The first-order chi connectivity index (χ1) is 10.9. The molecule has 0 radical (unpaired) electrons. The standard InChI is InChI=1S/C15H21N3O4S/c1-9(18-6-3-10(4-7-18)15(21)22-2)13(20)17-14-11(12(16)19)5-8-23-14/h5,8-10H,3-4,6-7H2,1-2H3,(H2,16,19)(H,17,20)/t9-/m0/s1. The number of rotatable bonds is 5. The summed E-state index contributed by atoms with van der Waals surface area (Å²) in [5.74, 6) is -1.03. The highest BCUT2D eigenvalue weighted by Crippen LogP contribution is 2.24. The van der Waals surface area contributed by atoms with Crippen LogP contribution < -0.4 is 11.1 Å². The number of primary amides is 1. The highest BCUT2D eigenvalue weighted by molar-refractivity contribution is 7.14. The second kappa shape index (κ2) is 7.56. The van der Waals surface area contributed by atoms with Gasteiger partial charge in [0.1, 0.15) is 5.00 Å². The molecule has 3 N–H and O–H groups in total. The van der Waals surface area contributed by atoms with E-state index in [0.717, 1.165) is 0 Å². The minimum absolute atomic E-state index is 0.0923. The first-order valence-electron chi connectivity index (χ1n) is 7.44. The number of nitrogens with one attached hydrogen (secondary N) is 1. The zero-order valence-corrected chi connectivity index (χ0v) is 14.0. The summed E-state index contributed by atoms with van der Waals surface area (Å²) in [6.45, 7) is 3.12. The number of piperidine rings is 1. The number of nitrogens with zero attached hydrogens (tertiary/aromatic N) is 1. The smallest absolute Gasteiger partial charge is 0.308 e. The minimum Gasteiger partial charge on any atom is -0.469 e. The van der Waals surface area contributed by atoms with E-state index in [1.165, 1.54) is 18.4 Å². The second-order valence-electron chi connectivity index (χ2n) is 5.53. The minimum atomic E-state index is -0.562. The predicted molar refractivity (Wildman–Crippen MR) is 87.2 cm³/mol. The third-order valence-corrected chi connectivity index (χ3v) is 4.99. The largest absolute Gasteiger partial charge is 0.469 e. The predicted octanol–water partition coefficient (Wildman–Crippen LogP) is 1.06. The highest BCUT2D eigenvalue weighted by Gasteiger charge is 2.30. The van der Waals surface area contributed by atoms with Crippen LogP contribution in [0, 0.1) is 5.92 Å². The summed E-state index contributed by atoms with van der Waals surface area (Å²) < 4.78 is 4.76. The number of carbonyl (C=O) groups is 3. The van der Waals surface area contributed by atoms with Crippen LogP contribution in [0.25, 0.3) is 0 Å². The Morgan fingerprint density at radius 1 is 1.39 bits per heavy atom. The number of anilines is 1. The number of ether oxygens (including phenoxy) is 1. The molecule has 1 saturated heterocycles. The van der Waals surface area contributed by atoms with Crippen molar-refractivity contribution in [3.05, 3.63) is 17.0 Å². The van der Waals surface area contributed by atoms with Crippen LogP contribution in [0.5, 0.6) is 0 Å². The normalized spacial score (nSPS) is 17.5. The molecule has 2 rings (SSSR count). The topological polar surface area (TPSA) is 102 Å². The summed E-state index contributed by atoms with van der Waals surface area (Å²) in [6.07, 6.45) is 1.35. The zero-order valence-electron chi connectivity index (χ0n) is 13.2. The van der Waals surface area contributed by atoms with Crippen molar-refractivity contribution in [2.45, 2.75) is 25.8 Å². The van der Waals surface area contributed by atoms with E-state index in [-0.39, 0.29) is 23.8 Å². The van der Waals surface area contributed by atoms with E-state index >= 15 is 0 Å². The highest BCUT2D eigenvalue weighted by atomic mass is 32.1. The summed E-state index contributed by atoms with van der Waals surface area (Å²) in [6, 6.07) is 1.24. The number of amides is 2. The Kier molecular flexibility index (Phi) is 5.73. The van der Waals surface area contributed by atoms with Crippen LogP contribution in [0.4, 0.5) is 5.00 Å². The SMILES string of the molecule is COC(=O)C1CCN([C@@H](C)C(=O)Nc2sccc2C(N)=O)CC1. The Bertz CT molecular complexity index is 593. The molecule has 1 aromatic heterocycles. The van der Waals surface area contributed by atoms with Crippen molar-refractivity contribution in [2.75, 3.05) is 25.5 Å². The van der Waals surface area contributed by atoms with Crippen LogP contribution in [-0.2, 0) is 14.3 Å². The van der Waals surface area contributed by atoms with Crippen LogP contribution >= 0.6 is 11.3 Å². The van der Waals surface area contributed by atoms with Gasteiger partial charge in [0.15, 0.2) is 0 Å². The lowest BCUT2D eigenvalue weighted by atomic mass is 9.96. The van der Waals surface area contributed by atoms with Crippen molar-refractivity contribution in [3.63, 3.8) is 0 Å². The molecule has 0 unspecified atom stereocenters. The Morgan fingerprint density at radius 2 is 2.04 bits per heavy atom. The fraction of sp³-hybridized carbons (Fsp3) is 0.533. The molecule has 1 fully saturated rings. The maximum absolute atomic E-state index is 12.4. The molecule has 1 aromatic rings. The molecule has 2 amide bonds. The third kappa shape index (κ3) is 4.08. The monoisotopic (exact) mass is 339 g/mol. The van der Waals surface area contributed by atoms with Gasteiger partial charge in [0.25, 0.3) is 5.91 Å². The summed E-state index contributed by atoms with van der Waals surface area (Å²) in [7, 11) is 1.39. The molecule has 23 heavy (non-hydrogen) atoms. The molecule has 0 saturated carbocycles. The summed E-state index contributed by atoms with van der Waals surface area (Å²) in [5.41, 5.74) is 5.59. The van der Waals surface area contributed by atoms with Crippen LogP contribution in [0.2, 0.25) is 0 Å². The van der Waals surface area contributed by atoms with E-state index in [1.807, 2.05) is 11.8 Å². The Hall–Kier alpha value is -1.93. The first kappa shape index (κ1) is 17.4. The van der Waals surface area contributed by atoms with Crippen molar-refractivity contribution in [1.82, 2.24) is 4.90 Å². The molecule has 0 spiro atoms. The van der Waals surface area contributed by atoms with E-state index in [0.29, 0.717) is 36.5 Å². The lowest BCUT2D eigenvalue weighted by Crippen LogP contribution is -2.47. The Labute approximate surface area is 138 Å². The van der Waals surface area contributed by atoms with Crippen molar-refractivity contribution in [3.8, 4) is 0 Å². The molecule has 1 aliphatic rings. The quantitative estimate of drug-likeness (QED) is 0.781. The van der Waals surface area contributed by atoms with Gasteiger partial charge in [-0.25, -0.2) is 0 Å². The van der Waals surface area contributed by atoms with Gasteiger partial charge < -0.3 is 15.8 Å². The zero-order chi connectivity index (χ0) is 17.0. The van der Waals surface area contributed by atoms with Crippen LogP contribution in [0.1, 0.15) is 30.1 Å². The van der Waals surface area contributed by atoms with Crippen molar-refractivity contribution in [1.29, 1.82) is 0 Å². The molecule has 1 atom stereocenters. The third-order valence-electron chi connectivity index (χ3n) is 4.16. The molecule has 7 nitrogen and oxygen atoms in total. The van der Waals surface area contributed by atoms with E-state index in [9.17, 15) is 14.4 Å².